The highest BCUT2D eigenvalue weighted by molar-refractivity contribution is 7.15. The van der Waals surface area contributed by atoms with Gasteiger partial charge >= 0.3 is 0 Å². The lowest BCUT2D eigenvalue weighted by Crippen LogP contribution is -2.26. The van der Waals surface area contributed by atoms with Gasteiger partial charge in [0.2, 0.25) is 11.8 Å². The molecule has 0 aliphatic carbocycles. The minimum Gasteiger partial charge on any atom is -0.356 e. The van der Waals surface area contributed by atoms with Crippen molar-refractivity contribution in [3.8, 4) is 10.6 Å². The first-order valence-electron chi connectivity index (χ1n) is 10.5. The number of amides is 2. The van der Waals surface area contributed by atoms with Crippen LogP contribution in [0.5, 0.6) is 0 Å². The van der Waals surface area contributed by atoms with E-state index in [4.69, 9.17) is 4.98 Å². The second-order valence-corrected chi connectivity index (χ2v) is 8.61. The highest BCUT2D eigenvalue weighted by Crippen LogP contribution is 2.31. The lowest BCUT2D eigenvalue weighted by atomic mass is 10.1. The molecule has 3 heterocycles. The van der Waals surface area contributed by atoms with Gasteiger partial charge in [0, 0.05) is 32.8 Å². The van der Waals surface area contributed by atoms with Gasteiger partial charge in [-0.2, -0.15) is 0 Å². The zero-order valence-corrected chi connectivity index (χ0v) is 19.3. The summed E-state index contributed by atoms with van der Waals surface area (Å²) in [6.45, 7) is 5.66. The molecule has 9 heteroatoms. The highest BCUT2D eigenvalue weighted by Gasteiger charge is 2.17. The molecular formula is C23H28N6O2S. The molecule has 0 bridgehead atoms. The van der Waals surface area contributed by atoms with E-state index in [0.717, 1.165) is 46.2 Å². The largest absolute Gasteiger partial charge is 0.356 e. The van der Waals surface area contributed by atoms with Crippen LogP contribution in [-0.2, 0) is 9.59 Å². The van der Waals surface area contributed by atoms with Crippen molar-refractivity contribution in [2.45, 2.75) is 46.1 Å². The van der Waals surface area contributed by atoms with E-state index in [9.17, 15) is 9.59 Å². The molecule has 0 unspecified atom stereocenters. The highest BCUT2D eigenvalue weighted by atomic mass is 32.1. The molecule has 0 spiro atoms. The van der Waals surface area contributed by atoms with Crippen molar-refractivity contribution in [3.05, 3.63) is 53.3 Å². The van der Waals surface area contributed by atoms with Crippen LogP contribution in [0.25, 0.3) is 10.6 Å². The van der Waals surface area contributed by atoms with Crippen molar-refractivity contribution < 1.29 is 9.59 Å². The van der Waals surface area contributed by atoms with Crippen LogP contribution in [0.4, 0.5) is 11.6 Å². The van der Waals surface area contributed by atoms with Gasteiger partial charge in [-0.1, -0.05) is 6.07 Å². The molecule has 2 amide bonds. The minimum absolute atomic E-state index is 0.0321. The van der Waals surface area contributed by atoms with E-state index in [1.165, 1.54) is 25.2 Å². The van der Waals surface area contributed by atoms with E-state index >= 15 is 0 Å². The molecule has 0 radical (unpaired) electrons. The fourth-order valence-corrected chi connectivity index (χ4v) is 4.16. The molecule has 3 N–H and O–H groups in total. The van der Waals surface area contributed by atoms with Crippen LogP contribution in [0.15, 0.2) is 42.7 Å². The number of nitrogens with zero attached hydrogens (tertiary/aromatic N) is 3. The standard InChI is InChI=1S/C23H28N6O2S/c1-15-10-12-25-22(13-15)29-21-9-6-8-18(28-21)20-14-26-23(32-20)19(27-17(3)31)7-4-5-11-24-16(2)30/h6,8-10,12-14,19H,4-5,7,11H2,1-3H3,(H,24,30)(H,27,31)(H,25,28,29)/t19-/m0/s1. The number of thiazole rings is 1. The van der Waals surface area contributed by atoms with Gasteiger partial charge in [-0.15, -0.1) is 11.3 Å². The molecule has 168 valence electrons. The van der Waals surface area contributed by atoms with Gasteiger partial charge in [0.1, 0.15) is 16.6 Å². The molecule has 0 saturated heterocycles. The summed E-state index contributed by atoms with van der Waals surface area (Å²) in [5.74, 6) is 1.32. The normalized spacial score (nSPS) is 11.6. The second-order valence-electron chi connectivity index (χ2n) is 7.55. The van der Waals surface area contributed by atoms with Gasteiger partial charge in [0.05, 0.1) is 16.6 Å². The van der Waals surface area contributed by atoms with Crippen molar-refractivity contribution in [2.24, 2.45) is 0 Å². The zero-order chi connectivity index (χ0) is 22.9. The first kappa shape index (κ1) is 23.3. The van der Waals surface area contributed by atoms with Crippen LogP contribution in [0.2, 0.25) is 0 Å². The third-order valence-electron chi connectivity index (χ3n) is 4.67. The third-order valence-corrected chi connectivity index (χ3v) is 5.80. The summed E-state index contributed by atoms with van der Waals surface area (Å²) >= 11 is 1.52. The Morgan fingerprint density at radius 3 is 2.66 bits per heavy atom. The van der Waals surface area contributed by atoms with Crippen molar-refractivity contribution >= 4 is 34.8 Å². The van der Waals surface area contributed by atoms with E-state index in [1.807, 2.05) is 37.3 Å². The Morgan fingerprint density at radius 2 is 1.91 bits per heavy atom. The van der Waals surface area contributed by atoms with Gasteiger partial charge in [-0.3, -0.25) is 9.59 Å². The zero-order valence-electron chi connectivity index (χ0n) is 18.5. The summed E-state index contributed by atoms with van der Waals surface area (Å²) in [6.07, 6.45) is 6.01. The van der Waals surface area contributed by atoms with Crippen molar-refractivity contribution in [1.82, 2.24) is 25.6 Å². The molecule has 0 aliphatic heterocycles. The van der Waals surface area contributed by atoms with Crippen molar-refractivity contribution in [1.29, 1.82) is 0 Å². The predicted octanol–water partition coefficient (Wildman–Crippen LogP) is 4.14. The number of aryl methyl sites for hydroxylation is 1. The van der Waals surface area contributed by atoms with Crippen LogP contribution in [0.3, 0.4) is 0 Å². The Balaban J connectivity index is 1.69. The average Bonchev–Trinajstić information content (AvgIpc) is 3.23. The van der Waals surface area contributed by atoms with Gasteiger partial charge < -0.3 is 16.0 Å². The molecule has 0 aliphatic rings. The van der Waals surface area contributed by atoms with Crippen LogP contribution < -0.4 is 16.0 Å². The van der Waals surface area contributed by atoms with E-state index in [2.05, 4.69) is 25.9 Å². The topological polar surface area (TPSA) is 109 Å². The Kier molecular flexibility index (Phi) is 8.27. The summed E-state index contributed by atoms with van der Waals surface area (Å²) in [5.41, 5.74) is 1.92. The SMILES string of the molecule is CC(=O)NCCCC[C@H](NC(C)=O)c1ncc(-c2cccc(Nc3cc(C)ccn3)n2)s1. The van der Waals surface area contributed by atoms with Gasteiger partial charge in [-0.25, -0.2) is 15.0 Å². The summed E-state index contributed by atoms with van der Waals surface area (Å²) in [4.78, 5) is 37.2. The number of anilines is 2. The van der Waals surface area contributed by atoms with Crippen molar-refractivity contribution in [3.63, 3.8) is 0 Å². The number of aromatic nitrogens is 3. The number of rotatable bonds is 10. The molecule has 3 aromatic rings. The number of pyridine rings is 2. The van der Waals surface area contributed by atoms with E-state index in [1.54, 1.807) is 12.4 Å². The Hall–Kier alpha value is -3.33. The minimum atomic E-state index is -0.165. The molecule has 8 nitrogen and oxygen atoms in total. The van der Waals surface area contributed by atoms with Crippen LogP contribution >= 0.6 is 11.3 Å². The molecule has 1 atom stereocenters. The predicted molar refractivity (Wildman–Crippen MR) is 127 cm³/mol. The quantitative estimate of drug-likeness (QED) is 0.399. The second kappa shape index (κ2) is 11.3. The van der Waals surface area contributed by atoms with Gasteiger partial charge in [0.25, 0.3) is 0 Å². The Bertz CT molecular complexity index is 1070. The number of carbonyl (C=O) groups is 2. The molecule has 32 heavy (non-hydrogen) atoms. The number of hydrogen-bond acceptors (Lipinski definition) is 7. The molecule has 0 aromatic carbocycles. The van der Waals surface area contributed by atoms with Gasteiger partial charge in [0.15, 0.2) is 0 Å². The maximum Gasteiger partial charge on any atom is 0.217 e. The van der Waals surface area contributed by atoms with Gasteiger partial charge in [-0.05, 0) is 56.0 Å². The summed E-state index contributed by atoms with van der Waals surface area (Å²) in [5, 5.41) is 9.86. The first-order chi connectivity index (χ1) is 15.4. The maximum absolute atomic E-state index is 11.7. The fourth-order valence-electron chi connectivity index (χ4n) is 3.19. The summed E-state index contributed by atoms with van der Waals surface area (Å²) in [6, 6.07) is 9.51. The molecule has 3 aromatic heterocycles. The number of nitrogens with one attached hydrogen (secondary N) is 3. The van der Waals surface area contributed by atoms with Crippen molar-refractivity contribution in [2.75, 3.05) is 11.9 Å². The molecular weight excluding hydrogens is 424 g/mol. The number of unbranched alkanes of at least 4 members (excludes halogenated alkanes) is 1. The monoisotopic (exact) mass is 452 g/mol. The fraction of sp³-hybridized carbons (Fsp3) is 0.348. The summed E-state index contributed by atoms with van der Waals surface area (Å²) < 4.78 is 0. The summed E-state index contributed by atoms with van der Waals surface area (Å²) in [7, 11) is 0. The first-order valence-corrected chi connectivity index (χ1v) is 11.4. The lowest BCUT2D eigenvalue weighted by Gasteiger charge is -2.15. The van der Waals surface area contributed by atoms with Crippen LogP contribution in [0.1, 0.15) is 49.7 Å². The number of carbonyl (C=O) groups excluding carboxylic acids is 2. The molecule has 0 saturated carbocycles. The Labute approximate surface area is 191 Å². The van der Waals surface area contributed by atoms with Crippen LogP contribution in [-0.4, -0.2) is 33.3 Å². The smallest absolute Gasteiger partial charge is 0.217 e. The van der Waals surface area contributed by atoms with E-state index in [0.29, 0.717) is 12.4 Å². The third kappa shape index (κ3) is 7.12. The lowest BCUT2D eigenvalue weighted by molar-refractivity contribution is -0.120. The Morgan fingerprint density at radius 1 is 1.06 bits per heavy atom. The van der Waals surface area contributed by atoms with Crippen LogP contribution in [0, 0.1) is 6.92 Å². The van der Waals surface area contributed by atoms with E-state index < -0.39 is 0 Å². The molecule has 0 fully saturated rings. The average molecular weight is 453 g/mol. The maximum atomic E-state index is 11.7. The van der Waals surface area contributed by atoms with E-state index in [-0.39, 0.29) is 17.9 Å². The molecule has 3 rings (SSSR count). The number of hydrogen-bond donors (Lipinski definition) is 3.